The molecule has 0 atom stereocenters. The Kier molecular flexibility index (Phi) is 4.75. The summed E-state index contributed by atoms with van der Waals surface area (Å²) < 4.78 is 0.904. The number of fused-ring (bicyclic) bond motifs is 1. The van der Waals surface area contributed by atoms with Gasteiger partial charge in [0.05, 0.1) is 10.2 Å². The minimum Gasteiger partial charge on any atom is -0.370 e. The van der Waals surface area contributed by atoms with Gasteiger partial charge in [-0.05, 0) is 24.6 Å². The first-order valence-corrected chi connectivity index (χ1v) is 7.13. The minimum absolute atomic E-state index is 0.250. The number of amides is 3. The van der Waals surface area contributed by atoms with Crippen LogP contribution in [-0.4, -0.2) is 23.5 Å². The monoisotopic (exact) mass is 312 g/mol. The third kappa shape index (κ3) is 4.07. The van der Waals surface area contributed by atoms with Crippen LogP contribution >= 0.6 is 22.9 Å². The summed E-state index contributed by atoms with van der Waals surface area (Å²) >= 11 is 7.23. The second-order valence-electron chi connectivity index (χ2n) is 4.08. The van der Waals surface area contributed by atoms with E-state index < -0.39 is 0 Å². The van der Waals surface area contributed by atoms with E-state index in [2.05, 4.69) is 15.6 Å². The van der Waals surface area contributed by atoms with Gasteiger partial charge in [-0.1, -0.05) is 22.9 Å². The van der Waals surface area contributed by atoms with Gasteiger partial charge in [0.25, 0.3) is 0 Å². The molecule has 2 rings (SSSR count). The summed E-state index contributed by atoms with van der Waals surface area (Å²) in [6.07, 6.45) is 0.762. The summed E-state index contributed by atoms with van der Waals surface area (Å²) in [6, 6.07) is 4.98. The summed E-state index contributed by atoms with van der Waals surface area (Å²) in [4.78, 5) is 26.4. The van der Waals surface area contributed by atoms with Gasteiger partial charge in [0, 0.05) is 18.0 Å². The fourth-order valence-corrected chi connectivity index (χ4v) is 2.69. The predicted molar refractivity (Wildman–Crippen MR) is 80.1 cm³/mol. The highest BCUT2D eigenvalue weighted by Gasteiger charge is 2.07. The van der Waals surface area contributed by atoms with E-state index in [1.165, 1.54) is 11.3 Å². The molecule has 0 spiro atoms. The fraction of sp³-hybridized carbons (Fsp3) is 0.250. The Morgan fingerprint density at radius 1 is 1.40 bits per heavy atom. The van der Waals surface area contributed by atoms with Gasteiger partial charge in [0.1, 0.15) is 0 Å². The maximum absolute atomic E-state index is 11.6. The predicted octanol–water partition coefficient (Wildman–Crippen LogP) is 2.34. The Hall–Kier alpha value is -1.86. The van der Waals surface area contributed by atoms with Crippen molar-refractivity contribution in [2.45, 2.75) is 12.8 Å². The number of hydrogen-bond donors (Lipinski definition) is 3. The molecule has 8 heteroatoms. The number of thiazole rings is 1. The van der Waals surface area contributed by atoms with Crippen molar-refractivity contribution in [3.8, 4) is 0 Å². The molecule has 20 heavy (non-hydrogen) atoms. The van der Waals surface area contributed by atoms with Gasteiger partial charge < -0.3 is 11.1 Å². The number of carbonyl (C=O) groups is 2. The van der Waals surface area contributed by atoms with Crippen LogP contribution in [0.4, 0.5) is 9.93 Å². The molecule has 0 aliphatic carbocycles. The van der Waals surface area contributed by atoms with Crippen molar-refractivity contribution < 1.29 is 9.59 Å². The van der Waals surface area contributed by atoms with Crippen LogP contribution in [-0.2, 0) is 4.79 Å². The minimum atomic E-state index is -0.379. The van der Waals surface area contributed by atoms with Crippen LogP contribution in [0.1, 0.15) is 12.8 Å². The number of benzene rings is 1. The summed E-state index contributed by atoms with van der Waals surface area (Å²) in [6.45, 7) is 0.380. The molecule has 3 amide bonds. The number of hydrogen-bond acceptors (Lipinski definition) is 4. The number of nitrogens with zero attached hydrogens (tertiary/aromatic N) is 1. The second-order valence-corrected chi connectivity index (χ2v) is 5.55. The molecule has 0 radical (unpaired) electrons. The average Bonchev–Trinajstić information content (AvgIpc) is 2.75. The molecule has 2 aromatic rings. The molecule has 0 unspecified atom stereocenters. The van der Waals surface area contributed by atoms with E-state index >= 15 is 0 Å². The van der Waals surface area contributed by atoms with E-state index in [0.717, 1.165) is 10.2 Å². The third-order valence-corrected chi connectivity index (χ3v) is 3.63. The molecule has 1 aromatic carbocycles. The Bertz CT molecular complexity index is 643. The summed E-state index contributed by atoms with van der Waals surface area (Å²) in [5.41, 5.74) is 5.78. The van der Waals surface area contributed by atoms with E-state index in [0.29, 0.717) is 23.1 Å². The van der Waals surface area contributed by atoms with Crippen molar-refractivity contribution in [1.82, 2.24) is 10.3 Å². The zero-order valence-corrected chi connectivity index (χ0v) is 12.1. The van der Waals surface area contributed by atoms with Crippen LogP contribution in [0.3, 0.4) is 0 Å². The number of urea groups is 1. The van der Waals surface area contributed by atoms with E-state index in [1.54, 1.807) is 18.2 Å². The topological polar surface area (TPSA) is 97.1 Å². The second kappa shape index (κ2) is 6.53. The first-order chi connectivity index (χ1) is 9.54. The van der Waals surface area contributed by atoms with Gasteiger partial charge in [0.2, 0.25) is 5.91 Å². The van der Waals surface area contributed by atoms with Crippen LogP contribution in [0.25, 0.3) is 10.2 Å². The molecule has 4 N–H and O–H groups in total. The molecular weight excluding hydrogens is 300 g/mol. The normalized spacial score (nSPS) is 10.4. The zero-order chi connectivity index (χ0) is 14.5. The highest BCUT2D eigenvalue weighted by atomic mass is 35.5. The molecule has 6 nitrogen and oxygen atoms in total. The summed E-state index contributed by atoms with van der Waals surface area (Å²) in [5, 5.41) is 6.39. The number of halogens is 1. The number of aromatic nitrogens is 1. The van der Waals surface area contributed by atoms with Gasteiger partial charge in [0.15, 0.2) is 5.13 Å². The summed E-state index contributed by atoms with van der Waals surface area (Å²) in [5.74, 6) is -0.379. The van der Waals surface area contributed by atoms with Crippen LogP contribution in [0.2, 0.25) is 5.02 Å². The maximum Gasteiger partial charge on any atom is 0.321 e. The highest BCUT2D eigenvalue weighted by molar-refractivity contribution is 7.22. The highest BCUT2D eigenvalue weighted by Crippen LogP contribution is 2.28. The van der Waals surface area contributed by atoms with E-state index in [9.17, 15) is 9.59 Å². The quantitative estimate of drug-likeness (QED) is 0.739. The van der Waals surface area contributed by atoms with Gasteiger partial charge in [-0.15, -0.1) is 0 Å². The third-order valence-electron chi connectivity index (χ3n) is 2.46. The first kappa shape index (κ1) is 14.5. The molecule has 0 bridgehead atoms. The van der Waals surface area contributed by atoms with Crippen molar-refractivity contribution in [2.75, 3.05) is 11.9 Å². The largest absolute Gasteiger partial charge is 0.370 e. The first-order valence-electron chi connectivity index (χ1n) is 5.94. The molecule has 0 saturated heterocycles. The van der Waals surface area contributed by atoms with E-state index in [1.807, 2.05) is 0 Å². The Morgan fingerprint density at radius 3 is 2.95 bits per heavy atom. The van der Waals surface area contributed by atoms with Crippen LogP contribution in [0.5, 0.6) is 0 Å². The number of nitrogens with one attached hydrogen (secondary N) is 2. The van der Waals surface area contributed by atoms with Gasteiger partial charge in [-0.3, -0.25) is 10.1 Å². The molecule has 0 saturated carbocycles. The average molecular weight is 313 g/mol. The van der Waals surface area contributed by atoms with Crippen molar-refractivity contribution in [3.63, 3.8) is 0 Å². The SMILES string of the molecule is NC(=O)CCCNC(=O)Nc1nc2ccc(Cl)cc2s1. The molecule has 1 aromatic heterocycles. The Morgan fingerprint density at radius 2 is 2.20 bits per heavy atom. The molecule has 0 fully saturated rings. The van der Waals surface area contributed by atoms with Crippen molar-refractivity contribution in [1.29, 1.82) is 0 Å². The van der Waals surface area contributed by atoms with E-state index in [4.69, 9.17) is 17.3 Å². The van der Waals surface area contributed by atoms with Crippen molar-refractivity contribution in [2.24, 2.45) is 5.73 Å². The lowest BCUT2D eigenvalue weighted by molar-refractivity contribution is -0.118. The Balaban J connectivity index is 1.88. The molecule has 0 aliphatic rings. The molecule has 106 valence electrons. The number of rotatable bonds is 5. The smallest absolute Gasteiger partial charge is 0.321 e. The van der Waals surface area contributed by atoms with Crippen molar-refractivity contribution >= 4 is 50.2 Å². The standard InChI is InChI=1S/C12H13ClN4O2S/c13-7-3-4-8-9(6-7)20-12(16-8)17-11(19)15-5-1-2-10(14)18/h3-4,6H,1-2,5H2,(H2,14,18)(H2,15,16,17,19). The lowest BCUT2D eigenvalue weighted by atomic mass is 10.3. The number of anilines is 1. The fourth-order valence-electron chi connectivity index (χ4n) is 1.56. The van der Waals surface area contributed by atoms with Gasteiger partial charge in [-0.2, -0.15) is 0 Å². The van der Waals surface area contributed by atoms with Crippen LogP contribution in [0.15, 0.2) is 18.2 Å². The Labute approximate surface area is 124 Å². The zero-order valence-electron chi connectivity index (χ0n) is 10.5. The lowest BCUT2D eigenvalue weighted by Gasteiger charge is -2.03. The molecule has 0 aliphatic heterocycles. The van der Waals surface area contributed by atoms with Crippen molar-refractivity contribution in [3.05, 3.63) is 23.2 Å². The van der Waals surface area contributed by atoms with Crippen LogP contribution < -0.4 is 16.4 Å². The van der Waals surface area contributed by atoms with Crippen LogP contribution in [0, 0.1) is 0 Å². The number of carbonyl (C=O) groups excluding carboxylic acids is 2. The lowest BCUT2D eigenvalue weighted by Crippen LogP contribution is -2.30. The molecule has 1 heterocycles. The van der Waals surface area contributed by atoms with Gasteiger partial charge >= 0.3 is 6.03 Å². The number of nitrogens with two attached hydrogens (primary N) is 1. The van der Waals surface area contributed by atoms with E-state index in [-0.39, 0.29) is 18.4 Å². The molecular formula is C12H13ClN4O2S. The summed E-state index contributed by atoms with van der Waals surface area (Å²) in [7, 11) is 0. The maximum atomic E-state index is 11.6. The van der Waals surface area contributed by atoms with Gasteiger partial charge in [-0.25, -0.2) is 9.78 Å². The number of primary amides is 1.